The van der Waals surface area contributed by atoms with Gasteiger partial charge in [-0.3, -0.25) is 0 Å². The Kier molecular flexibility index (Phi) is 5.53. The molecule has 1 fully saturated rings. The Morgan fingerprint density at radius 1 is 1.44 bits per heavy atom. The summed E-state index contributed by atoms with van der Waals surface area (Å²) in [5.74, 6) is 0.103. The minimum Gasteiger partial charge on any atom is -0.466 e. The Morgan fingerprint density at radius 2 is 2.06 bits per heavy atom. The molecular weight excluding hydrogens is 204 g/mol. The van der Waals surface area contributed by atoms with Crippen LogP contribution in [0.1, 0.15) is 45.4 Å². The summed E-state index contributed by atoms with van der Waals surface area (Å²) in [6.45, 7) is 1.72. The minimum atomic E-state index is -0.309. The summed E-state index contributed by atoms with van der Waals surface area (Å²) in [7, 11) is 1.37. The van der Waals surface area contributed by atoms with E-state index in [1.54, 1.807) is 13.0 Å². The highest BCUT2D eigenvalue weighted by atomic mass is 16.5. The van der Waals surface area contributed by atoms with Gasteiger partial charge in [-0.15, -0.1) is 0 Å². The first kappa shape index (κ1) is 13.2. The molecule has 16 heavy (non-hydrogen) atoms. The van der Waals surface area contributed by atoms with E-state index >= 15 is 0 Å². The van der Waals surface area contributed by atoms with Crippen molar-refractivity contribution in [1.82, 2.24) is 0 Å². The van der Waals surface area contributed by atoms with Crippen molar-refractivity contribution >= 4 is 5.97 Å². The molecule has 1 unspecified atom stereocenters. The first-order valence-corrected chi connectivity index (χ1v) is 6.08. The van der Waals surface area contributed by atoms with Gasteiger partial charge in [0, 0.05) is 5.57 Å². The highest BCUT2D eigenvalue weighted by Crippen LogP contribution is 2.27. The van der Waals surface area contributed by atoms with E-state index in [2.05, 4.69) is 4.74 Å². The lowest BCUT2D eigenvalue weighted by atomic mass is 9.84. The van der Waals surface area contributed by atoms with Crippen molar-refractivity contribution < 1.29 is 14.6 Å². The summed E-state index contributed by atoms with van der Waals surface area (Å²) in [5.41, 5.74) is 0.581. The second kappa shape index (κ2) is 6.69. The SMILES string of the molecule is COC(=O)/C(C)=C/CC(O)C1CCCCC1. The fraction of sp³-hybridized carbons (Fsp3) is 0.769. The van der Waals surface area contributed by atoms with Crippen LogP contribution >= 0.6 is 0 Å². The third kappa shape index (κ3) is 3.97. The number of esters is 1. The lowest BCUT2D eigenvalue weighted by Gasteiger charge is -2.25. The van der Waals surface area contributed by atoms with E-state index in [-0.39, 0.29) is 12.1 Å². The zero-order valence-corrected chi connectivity index (χ0v) is 10.2. The number of aliphatic hydroxyl groups excluding tert-OH is 1. The number of carbonyl (C=O) groups excluding carboxylic acids is 1. The van der Waals surface area contributed by atoms with Gasteiger partial charge in [0.2, 0.25) is 0 Å². The van der Waals surface area contributed by atoms with E-state index in [1.807, 2.05) is 0 Å². The lowest BCUT2D eigenvalue weighted by Crippen LogP contribution is -2.22. The molecule has 0 spiro atoms. The van der Waals surface area contributed by atoms with Crippen LogP contribution in [0.3, 0.4) is 0 Å². The molecule has 3 heteroatoms. The fourth-order valence-electron chi connectivity index (χ4n) is 2.25. The van der Waals surface area contributed by atoms with Crippen LogP contribution in [0.25, 0.3) is 0 Å². The quantitative estimate of drug-likeness (QED) is 0.591. The van der Waals surface area contributed by atoms with Crippen LogP contribution in [0.5, 0.6) is 0 Å². The van der Waals surface area contributed by atoms with Crippen molar-refractivity contribution in [1.29, 1.82) is 0 Å². The molecule has 0 bridgehead atoms. The lowest BCUT2D eigenvalue weighted by molar-refractivity contribution is -0.136. The summed E-state index contributed by atoms with van der Waals surface area (Å²) >= 11 is 0. The molecule has 1 atom stereocenters. The maximum absolute atomic E-state index is 11.1. The standard InChI is InChI=1S/C13H22O3/c1-10(13(15)16-2)8-9-12(14)11-6-4-3-5-7-11/h8,11-12,14H,3-7,9H2,1-2H3/b10-8+. The van der Waals surface area contributed by atoms with Crippen molar-refractivity contribution in [3.05, 3.63) is 11.6 Å². The molecule has 0 aromatic rings. The molecule has 0 amide bonds. The van der Waals surface area contributed by atoms with Crippen LogP contribution in [-0.4, -0.2) is 24.3 Å². The van der Waals surface area contributed by atoms with E-state index in [1.165, 1.54) is 26.4 Å². The van der Waals surface area contributed by atoms with Gasteiger partial charge in [0.25, 0.3) is 0 Å². The second-order valence-corrected chi connectivity index (χ2v) is 4.58. The monoisotopic (exact) mass is 226 g/mol. The number of methoxy groups -OCH3 is 1. The van der Waals surface area contributed by atoms with Gasteiger partial charge >= 0.3 is 5.97 Å². The van der Waals surface area contributed by atoms with E-state index in [0.717, 1.165) is 12.8 Å². The zero-order valence-electron chi connectivity index (χ0n) is 10.2. The third-order valence-electron chi connectivity index (χ3n) is 3.37. The van der Waals surface area contributed by atoms with Gasteiger partial charge in [-0.1, -0.05) is 25.3 Å². The number of aliphatic hydroxyl groups is 1. The smallest absolute Gasteiger partial charge is 0.333 e. The summed E-state index contributed by atoms with van der Waals surface area (Å²) in [6, 6.07) is 0. The van der Waals surface area contributed by atoms with Gasteiger partial charge < -0.3 is 9.84 Å². The molecule has 0 aromatic carbocycles. The van der Waals surface area contributed by atoms with E-state index in [9.17, 15) is 9.90 Å². The summed E-state index contributed by atoms with van der Waals surface area (Å²) < 4.78 is 4.60. The van der Waals surface area contributed by atoms with Gasteiger partial charge in [-0.25, -0.2) is 4.79 Å². The molecular formula is C13H22O3. The molecule has 1 aliphatic rings. The Balaban J connectivity index is 2.38. The van der Waals surface area contributed by atoms with Crippen molar-refractivity contribution in [3.8, 4) is 0 Å². The van der Waals surface area contributed by atoms with Crippen LogP contribution < -0.4 is 0 Å². The second-order valence-electron chi connectivity index (χ2n) is 4.58. The van der Waals surface area contributed by atoms with Crippen molar-refractivity contribution in [2.45, 2.75) is 51.6 Å². The number of rotatable bonds is 4. The van der Waals surface area contributed by atoms with Crippen LogP contribution in [0.4, 0.5) is 0 Å². The molecule has 0 aliphatic heterocycles. The maximum Gasteiger partial charge on any atom is 0.333 e. The highest BCUT2D eigenvalue weighted by molar-refractivity contribution is 5.87. The summed E-state index contributed by atoms with van der Waals surface area (Å²) in [4.78, 5) is 11.1. The Morgan fingerprint density at radius 3 is 2.62 bits per heavy atom. The average Bonchev–Trinajstić information content (AvgIpc) is 2.35. The van der Waals surface area contributed by atoms with Crippen molar-refractivity contribution in [2.24, 2.45) is 5.92 Å². The van der Waals surface area contributed by atoms with E-state index < -0.39 is 0 Å². The average molecular weight is 226 g/mol. The first-order valence-electron chi connectivity index (χ1n) is 6.08. The molecule has 0 saturated heterocycles. The molecule has 1 rings (SSSR count). The molecule has 0 aromatic heterocycles. The fourth-order valence-corrected chi connectivity index (χ4v) is 2.25. The largest absolute Gasteiger partial charge is 0.466 e. The van der Waals surface area contributed by atoms with E-state index in [0.29, 0.717) is 17.9 Å². The molecule has 92 valence electrons. The maximum atomic E-state index is 11.1. The van der Waals surface area contributed by atoms with Gasteiger partial charge in [0.15, 0.2) is 0 Å². The highest BCUT2D eigenvalue weighted by Gasteiger charge is 2.20. The number of hydrogen-bond acceptors (Lipinski definition) is 3. The number of ether oxygens (including phenoxy) is 1. The minimum absolute atomic E-state index is 0.306. The summed E-state index contributed by atoms with van der Waals surface area (Å²) in [6.07, 6.45) is 8.01. The van der Waals surface area contributed by atoms with Crippen LogP contribution in [0.15, 0.2) is 11.6 Å². The molecule has 1 saturated carbocycles. The van der Waals surface area contributed by atoms with Crippen molar-refractivity contribution in [2.75, 3.05) is 7.11 Å². The Bertz CT molecular complexity index is 252. The van der Waals surface area contributed by atoms with Crippen LogP contribution in [0, 0.1) is 5.92 Å². The van der Waals surface area contributed by atoms with Gasteiger partial charge in [0.1, 0.15) is 0 Å². The van der Waals surface area contributed by atoms with Gasteiger partial charge in [-0.05, 0) is 32.1 Å². The predicted molar refractivity (Wildman–Crippen MR) is 63.0 cm³/mol. The number of carbonyl (C=O) groups is 1. The zero-order chi connectivity index (χ0) is 12.0. The first-order chi connectivity index (χ1) is 7.65. The molecule has 0 radical (unpaired) electrons. The normalized spacial score (nSPS) is 20.6. The van der Waals surface area contributed by atoms with Gasteiger partial charge in [-0.2, -0.15) is 0 Å². The van der Waals surface area contributed by atoms with Crippen molar-refractivity contribution in [3.63, 3.8) is 0 Å². The van der Waals surface area contributed by atoms with Crippen LogP contribution in [0.2, 0.25) is 0 Å². The van der Waals surface area contributed by atoms with Gasteiger partial charge in [0.05, 0.1) is 13.2 Å². The van der Waals surface area contributed by atoms with E-state index in [4.69, 9.17) is 0 Å². The molecule has 3 nitrogen and oxygen atoms in total. The topological polar surface area (TPSA) is 46.5 Å². The Hall–Kier alpha value is -0.830. The summed E-state index contributed by atoms with van der Waals surface area (Å²) in [5, 5.41) is 9.98. The Labute approximate surface area is 97.5 Å². The third-order valence-corrected chi connectivity index (χ3v) is 3.37. The molecule has 0 heterocycles. The van der Waals surface area contributed by atoms with Crippen LogP contribution in [-0.2, 0) is 9.53 Å². The molecule has 1 aliphatic carbocycles. The molecule has 1 N–H and O–H groups in total. The number of hydrogen-bond donors (Lipinski definition) is 1. The predicted octanol–water partition coefficient (Wildman–Crippen LogP) is 2.44.